The van der Waals surface area contributed by atoms with Crippen LogP contribution in [0, 0.1) is 0 Å². The monoisotopic (exact) mass is 232 g/mol. The molecule has 3 rings (SSSR count). The summed E-state index contributed by atoms with van der Waals surface area (Å²) in [5.41, 5.74) is 2.90. The molecule has 1 heterocycles. The second-order valence-electron chi connectivity index (χ2n) is 5.36. The number of benzene rings is 1. The van der Waals surface area contributed by atoms with Gasteiger partial charge in [-0.2, -0.15) is 0 Å². The second kappa shape index (κ2) is 4.79. The molecule has 0 aromatic heterocycles. The zero-order valence-electron chi connectivity index (χ0n) is 10.1. The molecule has 3 atom stereocenters. The number of rotatable bonds is 4. The first-order valence-corrected chi connectivity index (χ1v) is 6.70. The first kappa shape index (κ1) is 11.2. The predicted molar refractivity (Wildman–Crippen MR) is 67.1 cm³/mol. The van der Waals surface area contributed by atoms with E-state index in [9.17, 15) is 5.11 Å². The molecule has 0 spiro atoms. The van der Waals surface area contributed by atoms with E-state index in [2.05, 4.69) is 24.3 Å². The van der Waals surface area contributed by atoms with Crippen LogP contribution in [-0.2, 0) is 11.2 Å². The van der Waals surface area contributed by atoms with Gasteiger partial charge in [-0.05, 0) is 49.1 Å². The maximum Gasteiger partial charge on any atom is 0.0600 e. The Bertz CT molecular complexity index is 382. The van der Waals surface area contributed by atoms with Crippen molar-refractivity contribution in [1.82, 2.24) is 0 Å². The molecule has 1 aliphatic carbocycles. The topological polar surface area (TPSA) is 29.5 Å². The van der Waals surface area contributed by atoms with Crippen LogP contribution in [0.15, 0.2) is 24.3 Å². The van der Waals surface area contributed by atoms with Gasteiger partial charge in [0.15, 0.2) is 0 Å². The molecule has 92 valence electrons. The van der Waals surface area contributed by atoms with Crippen LogP contribution in [-0.4, -0.2) is 23.9 Å². The molecule has 3 unspecified atom stereocenters. The van der Waals surface area contributed by atoms with Crippen LogP contribution in [0.2, 0.25) is 0 Å². The minimum atomic E-state index is -0.198. The minimum absolute atomic E-state index is 0.198. The lowest BCUT2D eigenvalue weighted by atomic mass is 9.74. The summed E-state index contributed by atoms with van der Waals surface area (Å²) in [6.45, 7) is 0.879. The third-order valence-corrected chi connectivity index (χ3v) is 4.08. The standard InChI is InChI=1S/C15H20O2/c16-13(10-14-5-3-7-17-14)9-12-8-11-4-1-2-6-15(11)12/h1-2,4,6,12-14,16H,3,5,7-10H2. The van der Waals surface area contributed by atoms with Crippen LogP contribution in [0.4, 0.5) is 0 Å². The summed E-state index contributed by atoms with van der Waals surface area (Å²) in [7, 11) is 0. The van der Waals surface area contributed by atoms with Gasteiger partial charge in [-0.1, -0.05) is 24.3 Å². The highest BCUT2D eigenvalue weighted by molar-refractivity contribution is 5.39. The molecule has 1 aliphatic heterocycles. The molecule has 1 fully saturated rings. The van der Waals surface area contributed by atoms with Crippen molar-refractivity contribution in [2.24, 2.45) is 0 Å². The van der Waals surface area contributed by atoms with Crippen molar-refractivity contribution in [2.75, 3.05) is 6.61 Å². The summed E-state index contributed by atoms with van der Waals surface area (Å²) in [5, 5.41) is 10.1. The maximum absolute atomic E-state index is 10.1. The van der Waals surface area contributed by atoms with Crippen LogP contribution in [0.25, 0.3) is 0 Å². The van der Waals surface area contributed by atoms with E-state index in [0.717, 1.165) is 38.7 Å². The van der Waals surface area contributed by atoms with Crippen LogP contribution in [0.3, 0.4) is 0 Å². The van der Waals surface area contributed by atoms with E-state index in [4.69, 9.17) is 4.74 Å². The fourth-order valence-corrected chi connectivity index (χ4v) is 3.13. The highest BCUT2D eigenvalue weighted by Crippen LogP contribution is 2.38. The van der Waals surface area contributed by atoms with Crippen LogP contribution in [0.5, 0.6) is 0 Å². The van der Waals surface area contributed by atoms with Crippen molar-refractivity contribution in [2.45, 2.75) is 50.2 Å². The van der Waals surface area contributed by atoms with E-state index in [-0.39, 0.29) is 6.10 Å². The Kier molecular flexibility index (Phi) is 3.17. The molecular formula is C15H20O2. The van der Waals surface area contributed by atoms with Crippen LogP contribution >= 0.6 is 0 Å². The quantitative estimate of drug-likeness (QED) is 0.864. The lowest BCUT2D eigenvalue weighted by Gasteiger charge is -2.32. The van der Waals surface area contributed by atoms with Gasteiger partial charge in [-0.15, -0.1) is 0 Å². The molecule has 2 nitrogen and oxygen atoms in total. The molecule has 2 heteroatoms. The van der Waals surface area contributed by atoms with Gasteiger partial charge in [0, 0.05) is 6.61 Å². The minimum Gasteiger partial charge on any atom is -0.393 e. The number of aliphatic hydroxyl groups excluding tert-OH is 1. The zero-order chi connectivity index (χ0) is 11.7. The molecule has 0 bridgehead atoms. The first-order chi connectivity index (χ1) is 8.33. The number of hydrogen-bond acceptors (Lipinski definition) is 2. The molecule has 0 amide bonds. The smallest absolute Gasteiger partial charge is 0.0600 e. The van der Waals surface area contributed by atoms with Gasteiger partial charge in [-0.25, -0.2) is 0 Å². The van der Waals surface area contributed by atoms with Gasteiger partial charge in [-0.3, -0.25) is 0 Å². The fourth-order valence-electron chi connectivity index (χ4n) is 3.13. The molecule has 2 aliphatic rings. The van der Waals surface area contributed by atoms with Crippen molar-refractivity contribution >= 4 is 0 Å². The van der Waals surface area contributed by atoms with E-state index < -0.39 is 0 Å². The average molecular weight is 232 g/mol. The molecule has 17 heavy (non-hydrogen) atoms. The first-order valence-electron chi connectivity index (χ1n) is 6.70. The summed E-state index contributed by atoms with van der Waals surface area (Å²) in [5.74, 6) is 0.572. The average Bonchev–Trinajstić information content (AvgIpc) is 2.79. The van der Waals surface area contributed by atoms with Crippen molar-refractivity contribution in [3.8, 4) is 0 Å². The highest BCUT2D eigenvalue weighted by atomic mass is 16.5. The SMILES string of the molecule is OC(CC1CCCO1)CC1Cc2ccccc21. The Hall–Kier alpha value is -0.860. The summed E-state index contributed by atoms with van der Waals surface area (Å²) in [6.07, 6.45) is 5.24. The lowest BCUT2D eigenvalue weighted by Crippen LogP contribution is -2.25. The van der Waals surface area contributed by atoms with E-state index in [1.165, 1.54) is 11.1 Å². The summed E-state index contributed by atoms with van der Waals surface area (Å²) in [6, 6.07) is 8.58. The van der Waals surface area contributed by atoms with E-state index in [1.54, 1.807) is 0 Å². The predicted octanol–water partition coefficient (Wildman–Crippen LogP) is 2.65. The van der Waals surface area contributed by atoms with E-state index in [1.807, 2.05) is 0 Å². The van der Waals surface area contributed by atoms with Crippen molar-refractivity contribution < 1.29 is 9.84 Å². The molecule has 1 aromatic rings. The molecule has 1 N–H and O–H groups in total. The number of fused-ring (bicyclic) bond motifs is 1. The van der Waals surface area contributed by atoms with Gasteiger partial charge < -0.3 is 9.84 Å². The Morgan fingerprint density at radius 3 is 2.94 bits per heavy atom. The molecule has 1 saturated heterocycles. The van der Waals surface area contributed by atoms with E-state index in [0.29, 0.717) is 12.0 Å². The third-order valence-electron chi connectivity index (χ3n) is 4.08. The normalized spacial score (nSPS) is 28.5. The Morgan fingerprint density at radius 1 is 1.29 bits per heavy atom. The Balaban J connectivity index is 1.51. The summed E-state index contributed by atoms with van der Waals surface area (Å²) >= 11 is 0. The number of aliphatic hydroxyl groups is 1. The number of ether oxygens (including phenoxy) is 1. The molecular weight excluding hydrogens is 212 g/mol. The second-order valence-corrected chi connectivity index (χ2v) is 5.36. The number of hydrogen-bond donors (Lipinski definition) is 1. The zero-order valence-corrected chi connectivity index (χ0v) is 10.1. The maximum atomic E-state index is 10.1. The van der Waals surface area contributed by atoms with Crippen molar-refractivity contribution in [3.05, 3.63) is 35.4 Å². The van der Waals surface area contributed by atoms with Gasteiger partial charge in [0.2, 0.25) is 0 Å². The lowest BCUT2D eigenvalue weighted by molar-refractivity contribution is 0.0468. The van der Waals surface area contributed by atoms with Crippen LogP contribution < -0.4 is 0 Å². The Morgan fingerprint density at radius 2 is 2.18 bits per heavy atom. The Labute approximate surface area is 103 Å². The van der Waals surface area contributed by atoms with Gasteiger partial charge in [0.05, 0.1) is 12.2 Å². The molecule has 0 radical (unpaired) electrons. The van der Waals surface area contributed by atoms with Gasteiger partial charge in [0.25, 0.3) is 0 Å². The third kappa shape index (κ3) is 2.38. The fraction of sp³-hybridized carbons (Fsp3) is 0.600. The van der Waals surface area contributed by atoms with Crippen molar-refractivity contribution in [1.29, 1.82) is 0 Å². The largest absolute Gasteiger partial charge is 0.393 e. The van der Waals surface area contributed by atoms with Crippen molar-refractivity contribution in [3.63, 3.8) is 0 Å². The molecule has 1 aromatic carbocycles. The highest BCUT2D eigenvalue weighted by Gasteiger charge is 2.29. The van der Waals surface area contributed by atoms with Gasteiger partial charge in [0.1, 0.15) is 0 Å². The van der Waals surface area contributed by atoms with Crippen LogP contribution in [0.1, 0.15) is 42.7 Å². The summed E-state index contributed by atoms with van der Waals surface area (Å²) in [4.78, 5) is 0. The molecule has 0 saturated carbocycles. The van der Waals surface area contributed by atoms with E-state index >= 15 is 0 Å². The summed E-state index contributed by atoms with van der Waals surface area (Å²) < 4.78 is 5.57. The van der Waals surface area contributed by atoms with Gasteiger partial charge >= 0.3 is 0 Å².